The van der Waals surface area contributed by atoms with Gasteiger partial charge in [-0.25, -0.2) is 0 Å². The number of carbonyl (C=O) groups is 2. The molecular weight excluding hydrogens is 464 g/mol. The van der Waals surface area contributed by atoms with Crippen LogP contribution in [0.2, 0.25) is 0 Å². The van der Waals surface area contributed by atoms with Gasteiger partial charge in [-0.2, -0.15) is 0 Å². The number of piperidine rings is 1. The minimum Gasteiger partial charge on any atom is -0.508 e. The van der Waals surface area contributed by atoms with Crippen LogP contribution in [0.15, 0.2) is 79.4 Å². The van der Waals surface area contributed by atoms with Crippen molar-refractivity contribution in [2.24, 2.45) is 5.92 Å². The highest BCUT2D eigenvalue weighted by Crippen LogP contribution is 2.50. The third kappa shape index (κ3) is 5.12. The van der Waals surface area contributed by atoms with Crippen molar-refractivity contribution in [1.29, 1.82) is 0 Å². The van der Waals surface area contributed by atoms with Crippen molar-refractivity contribution in [1.82, 2.24) is 10.2 Å². The highest BCUT2D eigenvalue weighted by Gasteiger charge is 2.53. The van der Waals surface area contributed by atoms with Crippen LogP contribution in [0, 0.1) is 5.92 Å². The monoisotopic (exact) mass is 498 g/mol. The second-order valence-electron chi connectivity index (χ2n) is 10.4. The summed E-state index contributed by atoms with van der Waals surface area (Å²) in [5.74, 6) is -0.214. The van der Waals surface area contributed by atoms with E-state index in [1.165, 1.54) is 6.92 Å². The molecule has 0 spiro atoms. The molecule has 2 N–H and O–H groups in total. The number of amides is 1. The van der Waals surface area contributed by atoms with E-state index in [9.17, 15) is 14.7 Å². The predicted molar refractivity (Wildman–Crippen MR) is 145 cm³/mol. The number of benzene rings is 3. The second-order valence-corrected chi connectivity index (χ2v) is 10.4. The fourth-order valence-corrected chi connectivity index (χ4v) is 6.47. The van der Waals surface area contributed by atoms with Crippen LogP contribution < -0.4 is 5.32 Å². The highest BCUT2D eigenvalue weighted by atomic mass is 16.5. The number of fused-ring (bicyclic) bond motifs is 2. The lowest BCUT2D eigenvalue weighted by molar-refractivity contribution is -0.157. The first-order valence-electron chi connectivity index (χ1n) is 13.0. The van der Waals surface area contributed by atoms with Crippen LogP contribution in [-0.2, 0) is 14.9 Å². The van der Waals surface area contributed by atoms with Crippen LogP contribution in [-0.4, -0.2) is 53.7 Å². The quantitative estimate of drug-likeness (QED) is 0.377. The van der Waals surface area contributed by atoms with Gasteiger partial charge >= 0.3 is 5.97 Å². The summed E-state index contributed by atoms with van der Waals surface area (Å²) in [6.45, 7) is 7.72. The van der Waals surface area contributed by atoms with E-state index in [0.29, 0.717) is 18.4 Å². The fourth-order valence-electron chi connectivity index (χ4n) is 6.47. The lowest BCUT2D eigenvalue weighted by Gasteiger charge is -2.55. The van der Waals surface area contributed by atoms with Crippen molar-refractivity contribution in [2.45, 2.75) is 43.7 Å². The third-order valence-electron chi connectivity index (χ3n) is 8.09. The number of rotatable bonds is 6. The largest absolute Gasteiger partial charge is 0.508 e. The van der Waals surface area contributed by atoms with Crippen LogP contribution in [0.4, 0.5) is 0 Å². The molecule has 6 nitrogen and oxygen atoms in total. The average Bonchev–Trinajstić information content (AvgIpc) is 2.88. The van der Waals surface area contributed by atoms with Gasteiger partial charge in [0.2, 0.25) is 0 Å². The molecule has 6 heteroatoms. The second kappa shape index (κ2) is 10.4. The molecule has 1 heterocycles. The molecule has 4 atom stereocenters. The lowest BCUT2D eigenvalue weighted by Crippen LogP contribution is -2.61. The van der Waals surface area contributed by atoms with Crippen molar-refractivity contribution in [3.63, 3.8) is 0 Å². The predicted octanol–water partition coefficient (Wildman–Crippen LogP) is 4.82. The molecule has 0 bridgehead atoms. The zero-order valence-electron chi connectivity index (χ0n) is 21.2. The molecule has 3 aromatic rings. The van der Waals surface area contributed by atoms with E-state index in [-0.39, 0.29) is 41.1 Å². The van der Waals surface area contributed by atoms with E-state index in [0.717, 1.165) is 42.4 Å². The zero-order chi connectivity index (χ0) is 26.0. The molecule has 192 valence electrons. The fraction of sp³-hybridized carbons (Fsp3) is 0.355. The standard InChI is InChI=1S/C31H34N2O4/c1-3-14-33-15-13-31(25-9-6-10-27(35)17-25)19-26(18-29(28(31)20-33)37-21(2)34)32-30(36)24-12-11-22-7-4-5-8-23(22)16-24/h3-12,16-17,26,28-29,35H,1,13-15,18-20H2,2H3,(H,32,36)/t26-,28+,29?,31+/m1/s1. The molecule has 0 radical (unpaired) electrons. The van der Waals surface area contributed by atoms with Crippen molar-refractivity contribution >= 4 is 22.6 Å². The number of phenolic OH excluding ortho intramolecular Hbond substituents is 1. The summed E-state index contributed by atoms with van der Waals surface area (Å²) in [7, 11) is 0. The maximum absolute atomic E-state index is 13.4. The van der Waals surface area contributed by atoms with Crippen molar-refractivity contribution in [3.8, 4) is 5.75 Å². The number of esters is 1. The van der Waals surface area contributed by atoms with Gasteiger partial charge in [-0.15, -0.1) is 6.58 Å². The summed E-state index contributed by atoms with van der Waals surface area (Å²) in [5.41, 5.74) is 1.28. The number of likely N-dealkylation sites (tertiary alicyclic amines) is 1. The van der Waals surface area contributed by atoms with Gasteiger partial charge in [0.15, 0.2) is 0 Å². The summed E-state index contributed by atoms with van der Waals surface area (Å²) >= 11 is 0. The molecule has 1 unspecified atom stereocenters. The number of hydrogen-bond donors (Lipinski definition) is 2. The minimum atomic E-state index is -0.358. The molecule has 5 rings (SSSR count). The molecule has 0 aromatic heterocycles. The Morgan fingerprint density at radius 2 is 1.95 bits per heavy atom. The van der Waals surface area contributed by atoms with Gasteiger partial charge in [0.1, 0.15) is 11.9 Å². The summed E-state index contributed by atoms with van der Waals surface area (Å²) < 4.78 is 5.93. The summed E-state index contributed by atoms with van der Waals surface area (Å²) in [6, 6.07) is 20.9. The van der Waals surface area contributed by atoms with Crippen molar-refractivity contribution in [2.75, 3.05) is 19.6 Å². The Hall–Kier alpha value is -3.64. The van der Waals surface area contributed by atoms with Crippen LogP contribution in [0.1, 0.15) is 42.1 Å². The van der Waals surface area contributed by atoms with Gasteiger partial charge in [-0.3, -0.25) is 14.5 Å². The summed E-state index contributed by atoms with van der Waals surface area (Å²) in [5, 5.41) is 15.7. The molecule has 1 saturated heterocycles. The molecule has 1 saturated carbocycles. The van der Waals surface area contributed by atoms with Gasteiger partial charge in [0.05, 0.1) is 0 Å². The van der Waals surface area contributed by atoms with Crippen LogP contribution in [0.25, 0.3) is 10.8 Å². The number of nitrogens with one attached hydrogen (secondary N) is 1. The molecule has 1 aliphatic carbocycles. The minimum absolute atomic E-state index is 0.0284. The normalized spacial score (nSPS) is 25.7. The molecule has 2 fully saturated rings. The first kappa shape index (κ1) is 25.0. The Kier molecular flexibility index (Phi) is 7.02. The van der Waals surface area contributed by atoms with Gasteiger partial charge in [-0.1, -0.05) is 48.5 Å². The van der Waals surface area contributed by atoms with E-state index >= 15 is 0 Å². The van der Waals surface area contributed by atoms with Crippen LogP contribution >= 0.6 is 0 Å². The SMILES string of the molecule is C=CCN1CC[C@@]2(c3cccc(O)c3)C[C@H](NC(=O)c3ccc4ccccc4c3)CC(OC(C)=O)[C@@H]2C1. The van der Waals surface area contributed by atoms with Crippen molar-refractivity contribution in [3.05, 3.63) is 90.5 Å². The smallest absolute Gasteiger partial charge is 0.302 e. The van der Waals surface area contributed by atoms with Gasteiger partial charge < -0.3 is 15.2 Å². The van der Waals surface area contributed by atoms with E-state index in [1.807, 2.05) is 66.7 Å². The van der Waals surface area contributed by atoms with Gasteiger partial charge in [0, 0.05) is 49.4 Å². The van der Waals surface area contributed by atoms with Crippen molar-refractivity contribution < 1.29 is 19.4 Å². The maximum Gasteiger partial charge on any atom is 0.302 e. The average molecular weight is 499 g/mol. The molecule has 2 aliphatic rings. The van der Waals surface area contributed by atoms with Gasteiger partial charge in [0.25, 0.3) is 5.91 Å². The first-order chi connectivity index (χ1) is 17.9. The molecular formula is C31H34N2O4. The molecule has 37 heavy (non-hydrogen) atoms. The number of carbonyl (C=O) groups excluding carboxylic acids is 2. The number of hydrogen-bond acceptors (Lipinski definition) is 5. The molecule has 1 aliphatic heterocycles. The summed E-state index contributed by atoms with van der Waals surface area (Å²) in [4.78, 5) is 27.9. The zero-order valence-corrected chi connectivity index (χ0v) is 21.2. The van der Waals surface area contributed by atoms with Gasteiger partial charge in [-0.05, 0) is 60.0 Å². The van der Waals surface area contributed by atoms with Crippen LogP contribution in [0.3, 0.4) is 0 Å². The number of phenols is 1. The Morgan fingerprint density at radius 3 is 2.70 bits per heavy atom. The Balaban J connectivity index is 1.48. The maximum atomic E-state index is 13.4. The first-order valence-corrected chi connectivity index (χ1v) is 13.0. The molecule has 1 amide bonds. The third-order valence-corrected chi connectivity index (χ3v) is 8.09. The Bertz CT molecular complexity index is 1320. The number of nitrogens with zero attached hydrogens (tertiary/aromatic N) is 1. The van der Waals surface area contributed by atoms with E-state index in [4.69, 9.17) is 4.74 Å². The van der Waals surface area contributed by atoms with Crippen LogP contribution in [0.5, 0.6) is 5.75 Å². The Morgan fingerprint density at radius 1 is 1.14 bits per heavy atom. The number of ether oxygens (including phenoxy) is 1. The van der Waals surface area contributed by atoms with E-state index in [1.54, 1.807) is 6.07 Å². The Labute approximate surface area is 217 Å². The molecule has 3 aromatic carbocycles. The topological polar surface area (TPSA) is 78.9 Å². The van der Waals surface area contributed by atoms with E-state index < -0.39 is 0 Å². The van der Waals surface area contributed by atoms with E-state index in [2.05, 4.69) is 16.8 Å². The lowest BCUT2D eigenvalue weighted by atomic mass is 9.57. The highest BCUT2D eigenvalue weighted by molar-refractivity contribution is 5.98. The summed E-state index contributed by atoms with van der Waals surface area (Å²) in [6.07, 6.45) is 3.63. The number of aromatic hydroxyl groups is 1.